The minimum atomic E-state index is 0. The van der Waals surface area contributed by atoms with Gasteiger partial charge < -0.3 is 20.0 Å². The van der Waals surface area contributed by atoms with Gasteiger partial charge in [-0.1, -0.05) is 72.3 Å². The molecule has 1 unspecified atom stereocenters. The molecule has 1 N–H and O–H groups in total. The first-order chi connectivity index (χ1) is 12.4. The molecule has 1 nitrogen and oxygen atoms in total. The third kappa shape index (κ3) is 17.5. The number of rotatable bonds is 8. The number of halogens is 2. The molecule has 0 aliphatic heterocycles. The Balaban J connectivity index is -0.0000000991. The van der Waals surface area contributed by atoms with Crippen molar-refractivity contribution in [2.24, 2.45) is 5.92 Å². The predicted molar refractivity (Wildman–Crippen MR) is 152 cm³/mol. The standard InChI is InChI=1S/C16H26O.C9H13.2CH3.2ClH.H3Si.Ti/c1-3-5-7-9-14-11-15(10-8-6-4-2)13-16(17)12-14;1-6-5-7(2)9(4)8(6)3;;;;;;/h11-13,17H,3-10H2,1-2H3;6H,1-4H3;2*1H3;2*1H;1H3;/q;3*-1;;;;+3. The Labute approximate surface area is 233 Å². The Morgan fingerprint density at radius 3 is 1.47 bits per heavy atom. The Kier molecular flexibility index (Phi) is 36.4. The van der Waals surface area contributed by atoms with Crippen molar-refractivity contribution in [3.05, 3.63) is 67.0 Å². The van der Waals surface area contributed by atoms with Crippen molar-refractivity contribution in [2.75, 3.05) is 0 Å². The van der Waals surface area contributed by atoms with Gasteiger partial charge in [0.15, 0.2) is 0 Å². The molecule has 1 aliphatic rings. The van der Waals surface area contributed by atoms with Crippen LogP contribution >= 0.6 is 24.8 Å². The second-order valence-electron chi connectivity index (χ2n) is 7.72. The Morgan fingerprint density at radius 1 is 0.812 bits per heavy atom. The monoisotopic (exact) mass is 536 g/mol. The van der Waals surface area contributed by atoms with Crippen molar-refractivity contribution in [2.45, 2.75) is 92.9 Å². The third-order valence-electron chi connectivity index (χ3n) is 5.41. The van der Waals surface area contributed by atoms with Crippen molar-refractivity contribution >= 4 is 35.8 Å². The minimum Gasteiger partial charge on any atom is -0.508 e. The van der Waals surface area contributed by atoms with Crippen LogP contribution in [0.3, 0.4) is 0 Å². The maximum atomic E-state index is 9.71. The van der Waals surface area contributed by atoms with Crippen LogP contribution in [0.15, 0.2) is 34.9 Å². The van der Waals surface area contributed by atoms with Gasteiger partial charge in [-0.3, -0.25) is 6.08 Å². The molecule has 186 valence electrons. The summed E-state index contributed by atoms with van der Waals surface area (Å²) in [7, 11) is 0. The molecule has 0 spiro atoms. The molecule has 0 saturated carbocycles. The summed E-state index contributed by atoms with van der Waals surface area (Å²) in [4.78, 5) is 0. The average molecular weight is 538 g/mol. The number of phenols is 1. The van der Waals surface area contributed by atoms with Crippen molar-refractivity contribution in [1.82, 2.24) is 0 Å². The summed E-state index contributed by atoms with van der Waals surface area (Å²) in [5.74, 6) is 0.996. The van der Waals surface area contributed by atoms with E-state index in [1.165, 1.54) is 66.4 Å². The van der Waals surface area contributed by atoms with Crippen molar-refractivity contribution in [1.29, 1.82) is 0 Å². The number of aryl methyl sites for hydroxylation is 2. The van der Waals surface area contributed by atoms with Gasteiger partial charge in [0.1, 0.15) is 5.75 Å². The van der Waals surface area contributed by atoms with Crippen LogP contribution in [0.5, 0.6) is 5.75 Å². The van der Waals surface area contributed by atoms with Gasteiger partial charge in [0.2, 0.25) is 0 Å². The fourth-order valence-corrected chi connectivity index (χ4v) is 3.35. The zero-order valence-electron chi connectivity index (χ0n) is 22.2. The fraction of sp³-hybridized carbons (Fsp3) is 0.556. The van der Waals surface area contributed by atoms with Crippen LogP contribution in [0.2, 0.25) is 0 Å². The number of allylic oxidation sites excluding steroid dienone is 4. The molecule has 32 heavy (non-hydrogen) atoms. The summed E-state index contributed by atoms with van der Waals surface area (Å²) in [5, 5.41) is 9.71. The molecule has 1 atom stereocenters. The van der Waals surface area contributed by atoms with E-state index in [9.17, 15) is 5.11 Å². The van der Waals surface area contributed by atoms with Crippen molar-refractivity contribution in [3.8, 4) is 5.75 Å². The SMILES string of the molecule is CC1=[C-]C(C)C(C)=C1C.CCCCCc1cc(O)cc(CCCCC)c1.Cl.Cl.[CH3-].[CH3-].[SiH3].[Ti+3]. The van der Waals surface area contributed by atoms with Gasteiger partial charge in [-0.2, -0.15) is 11.1 Å². The zero-order valence-corrected chi connectivity index (χ0v) is 27.4. The third-order valence-corrected chi connectivity index (χ3v) is 5.41. The maximum Gasteiger partial charge on any atom is 3.00 e. The molecule has 0 bridgehead atoms. The predicted octanol–water partition coefficient (Wildman–Crippen LogP) is 8.14. The number of hydrogen-bond donors (Lipinski definition) is 1. The van der Waals surface area contributed by atoms with Gasteiger partial charge in [-0.25, -0.2) is 5.57 Å². The molecule has 1 aromatic carbocycles. The molecule has 0 saturated heterocycles. The first kappa shape index (κ1) is 45.5. The minimum absolute atomic E-state index is 0. The Bertz CT molecular complexity index is 602. The van der Waals surface area contributed by atoms with Gasteiger partial charge in [0, 0.05) is 0 Å². The smallest absolute Gasteiger partial charge is 0.508 e. The first-order valence-corrected chi connectivity index (χ1v) is 10.5. The second-order valence-corrected chi connectivity index (χ2v) is 7.72. The van der Waals surface area contributed by atoms with Gasteiger partial charge in [-0.15, -0.1) is 31.7 Å². The Morgan fingerprint density at radius 2 is 1.22 bits per heavy atom. The summed E-state index contributed by atoms with van der Waals surface area (Å²) in [6.45, 7) is 13.1. The van der Waals surface area contributed by atoms with E-state index in [1.807, 2.05) is 12.1 Å². The number of aromatic hydroxyl groups is 1. The van der Waals surface area contributed by atoms with Crippen LogP contribution in [0, 0.1) is 26.8 Å². The molecule has 0 amide bonds. The summed E-state index contributed by atoms with van der Waals surface area (Å²) >= 11 is 0. The second kappa shape index (κ2) is 25.6. The largest absolute Gasteiger partial charge is 3.00 e. The fourth-order valence-electron chi connectivity index (χ4n) is 3.35. The van der Waals surface area contributed by atoms with Crippen LogP contribution < -0.4 is 0 Å². The average Bonchev–Trinajstić information content (AvgIpc) is 2.81. The molecule has 1 aromatic rings. The Hall–Kier alpha value is 0.0112. The van der Waals surface area contributed by atoms with Crippen LogP contribution in [-0.2, 0) is 34.6 Å². The molecular formula is C27H50Cl2OSiTi. The van der Waals surface area contributed by atoms with Gasteiger partial charge in [0.05, 0.1) is 0 Å². The molecule has 0 heterocycles. The van der Waals surface area contributed by atoms with E-state index in [0.29, 0.717) is 11.7 Å². The molecule has 0 fully saturated rings. The van der Waals surface area contributed by atoms with Crippen LogP contribution in [-0.4, -0.2) is 16.1 Å². The normalized spacial score (nSPS) is 13.3. The molecule has 2 rings (SSSR count). The topological polar surface area (TPSA) is 20.2 Å². The van der Waals surface area contributed by atoms with E-state index >= 15 is 0 Å². The van der Waals surface area contributed by atoms with Gasteiger partial charge in [-0.05, 0) is 59.9 Å². The van der Waals surface area contributed by atoms with Crippen molar-refractivity contribution < 1.29 is 26.8 Å². The van der Waals surface area contributed by atoms with E-state index < -0.39 is 0 Å². The number of unbranched alkanes of at least 4 members (excludes halogenated alkanes) is 4. The summed E-state index contributed by atoms with van der Waals surface area (Å²) in [5.41, 5.74) is 6.84. The van der Waals surface area contributed by atoms with E-state index in [2.05, 4.69) is 53.7 Å². The van der Waals surface area contributed by atoms with Gasteiger partial charge in [0.25, 0.3) is 0 Å². The maximum absolute atomic E-state index is 9.71. The van der Waals surface area contributed by atoms with Crippen LogP contribution in [0.25, 0.3) is 0 Å². The van der Waals surface area contributed by atoms with Crippen molar-refractivity contribution in [3.63, 3.8) is 0 Å². The van der Waals surface area contributed by atoms with E-state index in [1.54, 1.807) is 0 Å². The molecule has 0 aromatic heterocycles. The number of hydrogen-bond acceptors (Lipinski definition) is 1. The zero-order chi connectivity index (χ0) is 19.5. The molecular weight excluding hydrogens is 487 g/mol. The molecule has 2 radical (unpaired) electrons. The summed E-state index contributed by atoms with van der Waals surface area (Å²) in [6.07, 6.45) is 13.1. The van der Waals surface area contributed by atoms with E-state index in [0.717, 1.165) is 12.8 Å². The number of phenolic OH excluding ortho intramolecular Hbond substituents is 1. The molecule has 5 heteroatoms. The van der Waals surface area contributed by atoms with Gasteiger partial charge >= 0.3 is 21.7 Å². The van der Waals surface area contributed by atoms with E-state index in [-0.39, 0.29) is 72.4 Å². The quantitative estimate of drug-likeness (QED) is 0.202. The summed E-state index contributed by atoms with van der Waals surface area (Å²) < 4.78 is 0. The van der Waals surface area contributed by atoms with Crippen LogP contribution in [0.1, 0.15) is 91.2 Å². The summed E-state index contributed by atoms with van der Waals surface area (Å²) in [6, 6.07) is 6.10. The van der Waals surface area contributed by atoms with Crippen LogP contribution in [0.4, 0.5) is 0 Å². The molecule has 1 aliphatic carbocycles. The first-order valence-electron chi connectivity index (χ1n) is 10.5. The van der Waals surface area contributed by atoms with E-state index in [4.69, 9.17) is 0 Å². The number of benzene rings is 1.